The van der Waals surface area contributed by atoms with E-state index in [2.05, 4.69) is 19.2 Å². The Morgan fingerprint density at radius 1 is 1.29 bits per heavy atom. The smallest absolute Gasteiger partial charge is 0.261 e. The highest BCUT2D eigenvalue weighted by Crippen LogP contribution is 2.15. The largest absolute Gasteiger partial charge is 0.341 e. The molecule has 0 saturated carbocycles. The van der Waals surface area contributed by atoms with Crippen molar-refractivity contribution in [2.75, 3.05) is 13.1 Å². The van der Waals surface area contributed by atoms with E-state index in [0.717, 1.165) is 25.9 Å². The lowest BCUT2D eigenvalue weighted by atomic mass is 10.0. The molecule has 21 heavy (non-hydrogen) atoms. The van der Waals surface area contributed by atoms with Crippen LogP contribution in [-0.4, -0.2) is 35.8 Å². The molecular weight excluding hydrogens is 284 g/mol. The Morgan fingerprint density at radius 2 is 2.00 bits per heavy atom. The predicted octanol–water partition coefficient (Wildman–Crippen LogP) is 2.91. The van der Waals surface area contributed by atoms with Crippen molar-refractivity contribution >= 4 is 23.2 Å². The number of nitrogens with zero attached hydrogens (tertiary/aromatic N) is 1. The number of piperidine rings is 1. The van der Waals surface area contributed by atoms with Crippen molar-refractivity contribution < 1.29 is 9.59 Å². The quantitative estimate of drug-likeness (QED) is 0.909. The van der Waals surface area contributed by atoms with E-state index >= 15 is 0 Å². The fraction of sp³-hybridized carbons (Fsp3) is 0.625. The third-order valence-electron chi connectivity index (χ3n) is 3.72. The average Bonchev–Trinajstić information content (AvgIpc) is 3.00. The topological polar surface area (TPSA) is 49.4 Å². The highest BCUT2D eigenvalue weighted by atomic mass is 32.1. The minimum Gasteiger partial charge on any atom is -0.341 e. The van der Waals surface area contributed by atoms with Gasteiger partial charge in [0.15, 0.2) is 0 Å². The van der Waals surface area contributed by atoms with Crippen LogP contribution in [0.2, 0.25) is 0 Å². The van der Waals surface area contributed by atoms with Gasteiger partial charge in [0.25, 0.3) is 5.91 Å². The third kappa shape index (κ3) is 4.56. The highest BCUT2D eigenvalue weighted by molar-refractivity contribution is 7.12. The van der Waals surface area contributed by atoms with Gasteiger partial charge in [-0.3, -0.25) is 9.59 Å². The number of nitrogens with one attached hydrogen (secondary N) is 1. The lowest BCUT2D eigenvalue weighted by Gasteiger charge is -2.31. The van der Waals surface area contributed by atoms with Crippen molar-refractivity contribution in [2.24, 2.45) is 5.92 Å². The van der Waals surface area contributed by atoms with E-state index in [1.54, 1.807) is 6.07 Å². The number of rotatable bonds is 5. The first kappa shape index (κ1) is 16.0. The summed E-state index contributed by atoms with van der Waals surface area (Å²) in [6.45, 7) is 5.80. The number of amides is 2. The van der Waals surface area contributed by atoms with Crippen molar-refractivity contribution in [3.8, 4) is 0 Å². The monoisotopic (exact) mass is 308 g/mol. The van der Waals surface area contributed by atoms with Crippen LogP contribution in [0, 0.1) is 5.92 Å². The predicted molar refractivity (Wildman–Crippen MR) is 85.5 cm³/mol. The first-order valence-corrected chi connectivity index (χ1v) is 8.59. The molecule has 1 saturated heterocycles. The minimum absolute atomic E-state index is 0.0771. The number of carbonyl (C=O) groups excluding carboxylic acids is 2. The molecule has 0 spiro atoms. The molecule has 2 rings (SSSR count). The Hall–Kier alpha value is -1.36. The van der Waals surface area contributed by atoms with Gasteiger partial charge in [-0.25, -0.2) is 0 Å². The summed E-state index contributed by atoms with van der Waals surface area (Å²) in [6.07, 6.45) is 4.02. The van der Waals surface area contributed by atoms with Crippen molar-refractivity contribution in [3.05, 3.63) is 22.4 Å². The van der Waals surface area contributed by atoms with Crippen molar-refractivity contribution in [2.45, 2.75) is 45.6 Å². The Kier molecular flexibility index (Phi) is 5.79. The van der Waals surface area contributed by atoms with Crippen LogP contribution in [0.3, 0.4) is 0 Å². The van der Waals surface area contributed by atoms with E-state index in [0.29, 0.717) is 17.2 Å². The third-order valence-corrected chi connectivity index (χ3v) is 4.59. The Balaban J connectivity index is 2.02. The van der Waals surface area contributed by atoms with Crippen LogP contribution in [0.15, 0.2) is 17.5 Å². The van der Waals surface area contributed by atoms with E-state index in [-0.39, 0.29) is 11.8 Å². The van der Waals surface area contributed by atoms with Crippen molar-refractivity contribution in [3.63, 3.8) is 0 Å². The van der Waals surface area contributed by atoms with E-state index in [4.69, 9.17) is 0 Å². The maximum absolute atomic E-state index is 12.7. The van der Waals surface area contributed by atoms with Gasteiger partial charge in [-0.1, -0.05) is 19.9 Å². The molecule has 0 radical (unpaired) electrons. The van der Waals surface area contributed by atoms with Crippen LogP contribution in [-0.2, 0) is 4.79 Å². The minimum atomic E-state index is -0.405. The summed E-state index contributed by atoms with van der Waals surface area (Å²) in [5, 5.41) is 4.80. The number of hydrogen-bond donors (Lipinski definition) is 1. The standard InChI is InChI=1S/C16H24N2O2S/c1-12(2)11-13(16(20)18-8-4-3-5-9-18)17-15(19)14-7-6-10-21-14/h6-7,10,12-13H,3-5,8-9,11H2,1-2H3,(H,17,19)/t13-/m0/s1. The average molecular weight is 308 g/mol. The Bertz CT molecular complexity index is 465. The SMILES string of the molecule is CC(C)C[C@H](NC(=O)c1cccs1)C(=O)N1CCCCC1. The maximum atomic E-state index is 12.7. The molecule has 5 heteroatoms. The fourth-order valence-electron chi connectivity index (χ4n) is 2.66. The maximum Gasteiger partial charge on any atom is 0.261 e. The second-order valence-corrected chi connectivity index (χ2v) is 6.97. The normalized spacial score (nSPS) is 16.8. The Labute approximate surface area is 130 Å². The summed E-state index contributed by atoms with van der Waals surface area (Å²) in [4.78, 5) is 27.4. The fourth-order valence-corrected chi connectivity index (χ4v) is 3.29. The summed E-state index contributed by atoms with van der Waals surface area (Å²) in [7, 11) is 0. The second-order valence-electron chi connectivity index (χ2n) is 6.02. The van der Waals surface area contributed by atoms with E-state index in [1.807, 2.05) is 16.3 Å². The molecule has 2 amide bonds. The first-order valence-electron chi connectivity index (χ1n) is 7.71. The molecule has 2 heterocycles. The molecular formula is C16H24N2O2S. The summed E-state index contributed by atoms with van der Waals surface area (Å²) >= 11 is 1.40. The molecule has 116 valence electrons. The molecule has 0 aromatic carbocycles. The van der Waals surface area contributed by atoms with Gasteiger partial charge in [-0.2, -0.15) is 0 Å². The van der Waals surface area contributed by atoms with Crippen LogP contribution < -0.4 is 5.32 Å². The summed E-state index contributed by atoms with van der Waals surface area (Å²) in [6, 6.07) is 3.24. The highest BCUT2D eigenvalue weighted by Gasteiger charge is 2.28. The molecule has 1 aromatic rings. The molecule has 1 aromatic heterocycles. The van der Waals surface area contributed by atoms with Crippen molar-refractivity contribution in [1.82, 2.24) is 10.2 Å². The van der Waals surface area contributed by atoms with E-state index in [9.17, 15) is 9.59 Å². The number of carbonyl (C=O) groups is 2. The zero-order chi connectivity index (χ0) is 15.2. The lowest BCUT2D eigenvalue weighted by Crippen LogP contribution is -2.50. The molecule has 4 nitrogen and oxygen atoms in total. The van der Waals surface area contributed by atoms with E-state index < -0.39 is 6.04 Å². The summed E-state index contributed by atoms with van der Waals surface area (Å²) in [5.74, 6) is 0.307. The molecule has 0 aliphatic carbocycles. The molecule has 0 unspecified atom stereocenters. The first-order chi connectivity index (χ1) is 10.1. The zero-order valence-electron chi connectivity index (χ0n) is 12.8. The van der Waals surface area contributed by atoms with Gasteiger partial charge in [-0.15, -0.1) is 11.3 Å². The number of hydrogen-bond acceptors (Lipinski definition) is 3. The van der Waals surface area contributed by atoms with Crippen LogP contribution in [0.1, 0.15) is 49.2 Å². The molecule has 1 aliphatic heterocycles. The van der Waals surface area contributed by atoms with Crippen LogP contribution in [0.25, 0.3) is 0 Å². The summed E-state index contributed by atoms with van der Waals surface area (Å²) < 4.78 is 0. The second kappa shape index (κ2) is 7.59. The van der Waals surface area contributed by atoms with Crippen LogP contribution in [0.4, 0.5) is 0 Å². The zero-order valence-corrected chi connectivity index (χ0v) is 13.6. The van der Waals surface area contributed by atoms with Crippen LogP contribution in [0.5, 0.6) is 0 Å². The van der Waals surface area contributed by atoms with Crippen LogP contribution >= 0.6 is 11.3 Å². The van der Waals surface area contributed by atoms with Gasteiger partial charge in [0.1, 0.15) is 6.04 Å². The number of thiophene rings is 1. The van der Waals surface area contributed by atoms with Gasteiger partial charge in [0, 0.05) is 13.1 Å². The number of likely N-dealkylation sites (tertiary alicyclic amines) is 1. The van der Waals surface area contributed by atoms with Gasteiger partial charge < -0.3 is 10.2 Å². The van der Waals surface area contributed by atoms with Gasteiger partial charge in [0.05, 0.1) is 4.88 Å². The molecule has 1 atom stereocenters. The van der Waals surface area contributed by atoms with Gasteiger partial charge in [0.2, 0.25) is 5.91 Å². The van der Waals surface area contributed by atoms with E-state index in [1.165, 1.54) is 17.8 Å². The summed E-state index contributed by atoms with van der Waals surface area (Å²) in [5.41, 5.74) is 0. The lowest BCUT2D eigenvalue weighted by molar-refractivity contribution is -0.134. The van der Waals surface area contributed by atoms with Gasteiger partial charge in [-0.05, 0) is 43.0 Å². The molecule has 1 fully saturated rings. The molecule has 1 N–H and O–H groups in total. The van der Waals surface area contributed by atoms with Gasteiger partial charge >= 0.3 is 0 Å². The van der Waals surface area contributed by atoms with Crippen molar-refractivity contribution in [1.29, 1.82) is 0 Å². The molecule has 0 bridgehead atoms. The Morgan fingerprint density at radius 3 is 2.57 bits per heavy atom. The molecule has 1 aliphatic rings.